The first-order chi connectivity index (χ1) is 13.5. The highest BCUT2D eigenvalue weighted by Crippen LogP contribution is 2.37. The Balaban J connectivity index is 1.63. The summed E-state index contributed by atoms with van der Waals surface area (Å²) in [6, 6.07) is 6.95. The van der Waals surface area contributed by atoms with E-state index < -0.39 is 15.6 Å². The zero-order valence-corrected chi connectivity index (χ0v) is 15.7. The average molecular weight is 395 g/mol. The molecule has 0 saturated heterocycles. The van der Waals surface area contributed by atoms with Crippen LogP contribution in [0.15, 0.2) is 35.5 Å². The van der Waals surface area contributed by atoms with Crippen LogP contribution in [0, 0.1) is 11.3 Å². The molecule has 142 valence electrons. The summed E-state index contributed by atoms with van der Waals surface area (Å²) in [6.45, 7) is 1.20. The van der Waals surface area contributed by atoms with Gasteiger partial charge in [0.05, 0.1) is 35.3 Å². The fraction of sp³-hybridized carbons (Fsp3) is 0.316. The number of hydrogen-bond donors (Lipinski definition) is 2. The molecule has 0 spiro atoms. The molecule has 1 fully saturated rings. The van der Waals surface area contributed by atoms with Crippen molar-refractivity contribution in [3.8, 4) is 6.07 Å². The van der Waals surface area contributed by atoms with Crippen LogP contribution in [0.2, 0.25) is 0 Å². The van der Waals surface area contributed by atoms with E-state index in [1.165, 1.54) is 6.33 Å². The highest BCUT2D eigenvalue weighted by molar-refractivity contribution is 7.89. The summed E-state index contributed by atoms with van der Waals surface area (Å²) in [7, 11) is -3.78. The van der Waals surface area contributed by atoms with Crippen LogP contribution in [0.1, 0.15) is 25.0 Å². The van der Waals surface area contributed by atoms with Crippen molar-refractivity contribution < 1.29 is 13.2 Å². The number of ether oxygens (including phenoxy) is 1. The Morgan fingerprint density at radius 3 is 2.86 bits per heavy atom. The maximum Gasteiger partial charge on any atom is 0.242 e. The van der Waals surface area contributed by atoms with Gasteiger partial charge in [-0.2, -0.15) is 9.98 Å². The molecular formula is C19H17N5O3S. The van der Waals surface area contributed by atoms with Crippen molar-refractivity contribution in [1.29, 1.82) is 5.26 Å². The van der Waals surface area contributed by atoms with E-state index >= 15 is 0 Å². The van der Waals surface area contributed by atoms with Crippen LogP contribution >= 0.6 is 0 Å². The third-order valence-electron chi connectivity index (χ3n) is 5.23. The van der Waals surface area contributed by atoms with Crippen LogP contribution < -0.4 is 4.72 Å². The third kappa shape index (κ3) is 2.77. The van der Waals surface area contributed by atoms with E-state index in [2.05, 4.69) is 19.7 Å². The van der Waals surface area contributed by atoms with Crippen LogP contribution in [0.25, 0.3) is 27.5 Å². The lowest BCUT2D eigenvalue weighted by atomic mass is 10.0. The van der Waals surface area contributed by atoms with Crippen LogP contribution in [0.4, 0.5) is 0 Å². The molecule has 2 aromatic heterocycles. The number of benzene rings is 1. The normalized spacial score (nSPS) is 18.8. The van der Waals surface area contributed by atoms with Gasteiger partial charge in [-0.25, -0.2) is 18.4 Å². The van der Waals surface area contributed by atoms with Crippen molar-refractivity contribution in [2.75, 3.05) is 13.2 Å². The van der Waals surface area contributed by atoms with Crippen LogP contribution in [0.3, 0.4) is 0 Å². The topological polar surface area (TPSA) is 121 Å². The summed E-state index contributed by atoms with van der Waals surface area (Å²) in [4.78, 5) is 12.1. The van der Waals surface area contributed by atoms with Crippen LogP contribution in [-0.4, -0.2) is 42.1 Å². The van der Waals surface area contributed by atoms with Gasteiger partial charge in [0, 0.05) is 10.9 Å². The van der Waals surface area contributed by atoms with E-state index in [0.717, 1.165) is 28.5 Å². The van der Waals surface area contributed by atoms with Gasteiger partial charge in [0.1, 0.15) is 17.5 Å². The maximum absolute atomic E-state index is 12.7. The lowest BCUT2D eigenvalue weighted by molar-refractivity contribution is 0.161. The lowest BCUT2D eigenvalue weighted by Crippen LogP contribution is -2.35. The smallest absolute Gasteiger partial charge is 0.242 e. The first-order valence-corrected chi connectivity index (χ1v) is 10.5. The summed E-state index contributed by atoms with van der Waals surface area (Å²) in [6.07, 6.45) is 5.37. The van der Waals surface area contributed by atoms with Gasteiger partial charge in [-0.15, -0.1) is 0 Å². The quantitative estimate of drug-likeness (QED) is 0.699. The Morgan fingerprint density at radius 1 is 1.29 bits per heavy atom. The largest absolute Gasteiger partial charge is 0.377 e. The predicted molar refractivity (Wildman–Crippen MR) is 103 cm³/mol. The van der Waals surface area contributed by atoms with Crippen molar-refractivity contribution in [2.24, 2.45) is 0 Å². The molecule has 5 rings (SSSR count). The second-order valence-corrected chi connectivity index (χ2v) is 8.81. The first-order valence-electron chi connectivity index (χ1n) is 9.00. The summed E-state index contributed by atoms with van der Waals surface area (Å²) in [5, 5.41) is 10.9. The zero-order valence-electron chi connectivity index (χ0n) is 14.9. The second-order valence-electron chi connectivity index (χ2n) is 7.13. The maximum atomic E-state index is 12.7. The second kappa shape index (κ2) is 6.10. The minimum Gasteiger partial charge on any atom is -0.377 e. The van der Waals surface area contributed by atoms with Gasteiger partial charge in [0.25, 0.3) is 0 Å². The Labute approximate surface area is 161 Å². The van der Waals surface area contributed by atoms with Gasteiger partial charge in [-0.1, -0.05) is 12.1 Å². The average Bonchev–Trinajstić information content (AvgIpc) is 3.37. The number of nitrogens with zero attached hydrogens (tertiary/aromatic N) is 3. The van der Waals surface area contributed by atoms with Crippen molar-refractivity contribution in [3.63, 3.8) is 0 Å². The molecule has 0 bridgehead atoms. The van der Waals surface area contributed by atoms with Crippen molar-refractivity contribution in [3.05, 3.63) is 36.3 Å². The number of H-pyrrole nitrogens is 1. The number of sulfonamides is 1. The van der Waals surface area contributed by atoms with Crippen LogP contribution in [0.5, 0.6) is 0 Å². The molecular weight excluding hydrogens is 378 g/mol. The molecule has 0 radical (unpaired) electrons. The molecule has 1 aliphatic heterocycles. The number of nitriles is 1. The fourth-order valence-electron chi connectivity index (χ4n) is 3.54. The molecule has 8 nitrogen and oxygen atoms in total. The number of nitrogens with one attached hydrogen (secondary N) is 2. The van der Waals surface area contributed by atoms with E-state index in [1.807, 2.05) is 12.1 Å². The van der Waals surface area contributed by atoms with E-state index in [9.17, 15) is 13.7 Å². The Morgan fingerprint density at radius 2 is 2.14 bits per heavy atom. The molecule has 1 saturated carbocycles. The van der Waals surface area contributed by atoms with Crippen molar-refractivity contribution in [2.45, 2.75) is 29.7 Å². The molecule has 9 heteroatoms. The van der Waals surface area contributed by atoms with E-state index in [-0.39, 0.29) is 4.90 Å². The summed E-state index contributed by atoms with van der Waals surface area (Å²) in [5.41, 5.74) is 2.31. The molecule has 0 atom stereocenters. The number of rotatable bonds is 4. The van der Waals surface area contributed by atoms with Gasteiger partial charge in [-0.3, -0.25) is 0 Å². The summed E-state index contributed by atoms with van der Waals surface area (Å²) >= 11 is 0. The standard InChI is InChI=1S/C19H17N5O3S/c20-10-19(5-6-19)24-28(25,26)13-1-2-14-15(9-13)23-18-16(14)17(21-11-22-18)12-3-7-27-8-4-12/h1-3,9,11,24H,4-8H2,(H,21,22,23). The Kier molecular flexibility index (Phi) is 3.77. The molecule has 1 aliphatic carbocycles. The number of aromatic nitrogens is 3. The molecule has 2 aliphatic rings. The van der Waals surface area contributed by atoms with E-state index in [1.54, 1.807) is 18.2 Å². The molecule has 3 aromatic rings. The molecule has 1 aromatic carbocycles. The zero-order chi connectivity index (χ0) is 19.4. The SMILES string of the molecule is N#CC1(NS(=O)(=O)c2ccc3c(c2)[nH]c2ncnc(C4=CCOCC4)c23)CC1. The van der Waals surface area contributed by atoms with E-state index in [0.29, 0.717) is 37.2 Å². The highest BCUT2D eigenvalue weighted by atomic mass is 32.2. The number of hydrogen-bond acceptors (Lipinski definition) is 6. The predicted octanol–water partition coefficient (Wildman–Crippen LogP) is 2.25. The van der Waals surface area contributed by atoms with Crippen molar-refractivity contribution in [1.82, 2.24) is 19.7 Å². The highest BCUT2D eigenvalue weighted by Gasteiger charge is 2.46. The lowest BCUT2D eigenvalue weighted by Gasteiger charge is -2.13. The third-order valence-corrected chi connectivity index (χ3v) is 6.77. The molecule has 28 heavy (non-hydrogen) atoms. The van der Waals surface area contributed by atoms with Gasteiger partial charge in [0.2, 0.25) is 10.0 Å². The Hall–Kier alpha value is -2.80. The first kappa shape index (κ1) is 17.3. The van der Waals surface area contributed by atoms with Gasteiger partial charge in [0.15, 0.2) is 0 Å². The minimum atomic E-state index is -3.78. The Bertz CT molecular complexity index is 1280. The van der Waals surface area contributed by atoms with Gasteiger partial charge >= 0.3 is 0 Å². The van der Waals surface area contributed by atoms with Gasteiger partial charge in [-0.05, 0) is 37.0 Å². The fourth-order valence-corrected chi connectivity index (χ4v) is 4.94. The molecule has 2 N–H and O–H groups in total. The molecule has 0 amide bonds. The van der Waals surface area contributed by atoms with E-state index in [4.69, 9.17) is 4.74 Å². The van der Waals surface area contributed by atoms with Crippen LogP contribution in [-0.2, 0) is 14.8 Å². The summed E-state index contributed by atoms with van der Waals surface area (Å²) < 4.78 is 33.3. The van der Waals surface area contributed by atoms with Gasteiger partial charge < -0.3 is 9.72 Å². The number of fused-ring (bicyclic) bond motifs is 3. The minimum absolute atomic E-state index is 0.118. The summed E-state index contributed by atoms with van der Waals surface area (Å²) in [5.74, 6) is 0. The number of aromatic amines is 1. The monoisotopic (exact) mass is 395 g/mol. The van der Waals surface area contributed by atoms with Crippen molar-refractivity contribution >= 4 is 37.5 Å². The molecule has 0 unspecified atom stereocenters. The molecule has 3 heterocycles.